The Kier molecular flexibility index (Phi) is 7.72. The molecule has 0 heterocycles. The fraction of sp³-hybridized carbons (Fsp3) is 0.625. The molecular formula is C16H25N3O6. The van der Waals surface area contributed by atoms with E-state index >= 15 is 0 Å². The lowest BCUT2D eigenvalue weighted by molar-refractivity contribution is -0.393. The summed E-state index contributed by atoms with van der Waals surface area (Å²) >= 11 is 0. The summed E-state index contributed by atoms with van der Waals surface area (Å²) in [6, 6.07) is 1.11. The highest BCUT2D eigenvalue weighted by atomic mass is 16.6. The zero-order valence-corrected chi connectivity index (χ0v) is 15.2. The van der Waals surface area contributed by atoms with Crippen LogP contribution in [0.2, 0.25) is 0 Å². The molecule has 0 fully saturated rings. The number of hydrogen-bond acceptors (Lipinski definition) is 7. The summed E-state index contributed by atoms with van der Waals surface area (Å²) < 4.78 is 10.2. The van der Waals surface area contributed by atoms with Crippen molar-refractivity contribution >= 4 is 17.1 Å². The molecule has 1 unspecified atom stereocenters. The topological polar surface area (TPSA) is 117 Å². The van der Waals surface area contributed by atoms with Gasteiger partial charge in [0, 0.05) is 26.3 Å². The maximum atomic E-state index is 11.8. The van der Waals surface area contributed by atoms with Crippen molar-refractivity contribution in [2.24, 2.45) is 0 Å². The van der Waals surface area contributed by atoms with Crippen LogP contribution in [0.4, 0.5) is 17.1 Å². The van der Waals surface area contributed by atoms with E-state index in [4.69, 9.17) is 9.47 Å². The van der Waals surface area contributed by atoms with Crippen molar-refractivity contribution in [1.29, 1.82) is 0 Å². The van der Waals surface area contributed by atoms with Gasteiger partial charge in [0.1, 0.15) is 0 Å². The minimum Gasteiger partial charge on any atom is -0.383 e. The monoisotopic (exact) mass is 355 g/mol. The van der Waals surface area contributed by atoms with Gasteiger partial charge >= 0.3 is 5.69 Å². The summed E-state index contributed by atoms with van der Waals surface area (Å²) in [4.78, 5) is 22.1. The van der Waals surface area contributed by atoms with E-state index in [1.54, 1.807) is 0 Å². The first-order chi connectivity index (χ1) is 11.8. The standard InChI is InChI=1S/C16H25N3O6/c1-6-11(8-24-4)17-15-14(18(20)21)7-12(10(2)3)13(9-25-5)16(15)19(22)23/h7,10-11,17H,6,8-9H2,1-5H3. The largest absolute Gasteiger partial charge is 0.383 e. The second-order valence-corrected chi connectivity index (χ2v) is 5.99. The van der Waals surface area contributed by atoms with Gasteiger partial charge in [-0.2, -0.15) is 0 Å². The molecule has 1 aromatic carbocycles. The number of ether oxygens (including phenoxy) is 2. The number of nitrogens with one attached hydrogen (secondary N) is 1. The van der Waals surface area contributed by atoms with Crippen LogP contribution in [-0.4, -0.2) is 36.7 Å². The summed E-state index contributed by atoms with van der Waals surface area (Å²) in [6.07, 6.45) is 0.591. The van der Waals surface area contributed by atoms with Crippen LogP contribution >= 0.6 is 0 Å². The first kappa shape index (κ1) is 20.8. The van der Waals surface area contributed by atoms with Crippen LogP contribution in [0, 0.1) is 20.2 Å². The van der Waals surface area contributed by atoms with Crippen LogP contribution in [0.3, 0.4) is 0 Å². The molecule has 1 N–H and O–H groups in total. The number of hydrogen-bond donors (Lipinski definition) is 1. The van der Waals surface area contributed by atoms with Gasteiger partial charge in [-0.15, -0.1) is 0 Å². The van der Waals surface area contributed by atoms with Gasteiger partial charge in [0.05, 0.1) is 28.6 Å². The Morgan fingerprint density at radius 3 is 2.20 bits per heavy atom. The average Bonchev–Trinajstić information content (AvgIpc) is 2.53. The fourth-order valence-electron chi connectivity index (χ4n) is 2.68. The van der Waals surface area contributed by atoms with Gasteiger partial charge in [-0.25, -0.2) is 0 Å². The molecule has 1 rings (SSSR count). The summed E-state index contributed by atoms with van der Waals surface area (Å²) in [5, 5.41) is 26.2. The smallest absolute Gasteiger partial charge is 0.305 e. The number of benzene rings is 1. The van der Waals surface area contributed by atoms with Crippen molar-refractivity contribution in [1.82, 2.24) is 0 Å². The van der Waals surface area contributed by atoms with Crippen molar-refractivity contribution in [2.75, 3.05) is 26.1 Å². The molecule has 1 aromatic rings. The molecule has 0 amide bonds. The minimum atomic E-state index is -0.600. The maximum absolute atomic E-state index is 11.8. The Morgan fingerprint density at radius 1 is 1.16 bits per heavy atom. The lowest BCUT2D eigenvalue weighted by Gasteiger charge is -2.20. The molecule has 0 aliphatic carbocycles. The highest BCUT2D eigenvalue weighted by Gasteiger charge is 2.33. The van der Waals surface area contributed by atoms with Crippen molar-refractivity contribution < 1.29 is 19.3 Å². The predicted octanol–water partition coefficient (Wildman–Crippen LogP) is 3.61. The van der Waals surface area contributed by atoms with E-state index in [0.717, 1.165) is 0 Å². The number of anilines is 1. The Hall–Kier alpha value is -2.26. The van der Waals surface area contributed by atoms with E-state index in [1.807, 2.05) is 20.8 Å². The van der Waals surface area contributed by atoms with Gasteiger partial charge in [-0.05, 0) is 17.9 Å². The molecule has 0 aliphatic heterocycles. The lowest BCUT2D eigenvalue weighted by Crippen LogP contribution is -2.25. The minimum absolute atomic E-state index is 0.00241. The Labute approximate surface area is 146 Å². The third-order valence-corrected chi connectivity index (χ3v) is 3.92. The number of methoxy groups -OCH3 is 2. The molecule has 0 spiro atoms. The van der Waals surface area contributed by atoms with Crippen molar-refractivity contribution in [2.45, 2.75) is 45.8 Å². The van der Waals surface area contributed by atoms with Gasteiger partial charge < -0.3 is 14.8 Å². The van der Waals surface area contributed by atoms with Crippen molar-refractivity contribution in [3.63, 3.8) is 0 Å². The van der Waals surface area contributed by atoms with Gasteiger partial charge in [0.2, 0.25) is 0 Å². The molecule has 0 radical (unpaired) electrons. The van der Waals surface area contributed by atoms with Gasteiger partial charge in [-0.3, -0.25) is 20.2 Å². The van der Waals surface area contributed by atoms with Gasteiger partial charge in [0.15, 0.2) is 5.69 Å². The van der Waals surface area contributed by atoms with E-state index < -0.39 is 9.85 Å². The van der Waals surface area contributed by atoms with Crippen LogP contribution in [0.5, 0.6) is 0 Å². The van der Waals surface area contributed by atoms with Crippen LogP contribution in [0.1, 0.15) is 44.2 Å². The quantitative estimate of drug-likeness (QED) is 0.503. The summed E-state index contributed by atoms with van der Waals surface area (Å²) in [5.74, 6) is -0.127. The number of nitro groups is 2. The zero-order valence-electron chi connectivity index (χ0n) is 15.2. The van der Waals surface area contributed by atoms with Crippen LogP contribution < -0.4 is 5.32 Å². The second kappa shape index (κ2) is 9.28. The molecule has 0 aliphatic rings. The van der Waals surface area contributed by atoms with Crippen LogP contribution in [0.25, 0.3) is 0 Å². The molecule has 9 nitrogen and oxygen atoms in total. The Bertz CT molecular complexity index is 633. The molecular weight excluding hydrogens is 330 g/mol. The first-order valence-corrected chi connectivity index (χ1v) is 8.01. The summed E-state index contributed by atoms with van der Waals surface area (Å²) in [6.45, 7) is 5.80. The second-order valence-electron chi connectivity index (χ2n) is 5.99. The molecule has 9 heteroatoms. The normalized spacial score (nSPS) is 12.2. The number of nitro benzene ring substituents is 2. The highest BCUT2D eigenvalue weighted by Crippen LogP contribution is 2.42. The molecule has 0 aromatic heterocycles. The van der Waals surface area contributed by atoms with E-state index in [1.165, 1.54) is 20.3 Å². The molecule has 0 bridgehead atoms. The number of nitrogens with zero attached hydrogens (tertiary/aromatic N) is 2. The third-order valence-electron chi connectivity index (χ3n) is 3.92. The van der Waals surface area contributed by atoms with E-state index in [0.29, 0.717) is 17.5 Å². The molecule has 140 valence electrons. The summed E-state index contributed by atoms with van der Waals surface area (Å²) in [5.41, 5.74) is 0.155. The van der Waals surface area contributed by atoms with Crippen molar-refractivity contribution in [3.8, 4) is 0 Å². The van der Waals surface area contributed by atoms with E-state index in [9.17, 15) is 20.2 Å². The van der Waals surface area contributed by atoms with Crippen LogP contribution in [0.15, 0.2) is 6.07 Å². The average molecular weight is 355 g/mol. The van der Waals surface area contributed by atoms with Crippen LogP contribution in [-0.2, 0) is 16.1 Å². The Morgan fingerprint density at radius 2 is 1.80 bits per heavy atom. The van der Waals surface area contributed by atoms with Gasteiger partial charge in [0.25, 0.3) is 5.69 Å². The SMILES string of the molecule is CCC(COC)Nc1c([N+](=O)[O-])cc(C(C)C)c(COC)c1[N+](=O)[O-]. The first-order valence-electron chi connectivity index (χ1n) is 8.01. The van der Waals surface area contributed by atoms with E-state index in [2.05, 4.69) is 5.32 Å². The third kappa shape index (κ3) is 4.86. The van der Waals surface area contributed by atoms with E-state index in [-0.39, 0.29) is 42.2 Å². The predicted molar refractivity (Wildman–Crippen MR) is 94.1 cm³/mol. The maximum Gasteiger partial charge on any atom is 0.305 e. The number of rotatable bonds is 10. The summed E-state index contributed by atoms with van der Waals surface area (Å²) in [7, 11) is 2.94. The Balaban J connectivity index is 3.72. The fourth-order valence-corrected chi connectivity index (χ4v) is 2.68. The molecule has 1 atom stereocenters. The highest BCUT2D eigenvalue weighted by molar-refractivity contribution is 5.78. The lowest BCUT2D eigenvalue weighted by atomic mass is 9.94. The molecule has 0 saturated heterocycles. The molecule has 25 heavy (non-hydrogen) atoms. The van der Waals surface area contributed by atoms with Gasteiger partial charge in [-0.1, -0.05) is 20.8 Å². The van der Waals surface area contributed by atoms with Crippen molar-refractivity contribution in [3.05, 3.63) is 37.4 Å². The zero-order chi connectivity index (χ0) is 19.1. The molecule has 0 saturated carbocycles.